The zero-order valence-corrected chi connectivity index (χ0v) is 11.2. The van der Waals surface area contributed by atoms with Crippen LogP contribution in [0.5, 0.6) is 5.75 Å². The number of allylic oxidation sites excluding steroid dienone is 4. The lowest BCUT2D eigenvalue weighted by Gasteiger charge is -2.39. The lowest BCUT2D eigenvalue weighted by atomic mass is 9.67. The highest BCUT2D eigenvalue weighted by atomic mass is 16.5. The van der Waals surface area contributed by atoms with Crippen LogP contribution in [0.4, 0.5) is 0 Å². The van der Waals surface area contributed by atoms with Crippen LogP contribution in [0.2, 0.25) is 0 Å². The first-order valence-electron chi connectivity index (χ1n) is 6.95. The Balaban J connectivity index is 1.92. The third-order valence-electron chi connectivity index (χ3n) is 4.35. The molecule has 100 valence electrons. The Morgan fingerprint density at radius 3 is 2.84 bits per heavy atom. The summed E-state index contributed by atoms with van der Waals surface area (Å²) in [6.07, 6.45) is 10.3. The zero-order valence-electron chi connectivity index (χ0n) is 11.2. The van der Waals surface area contributed by atoms with Crippen molar-refractivity contribution in [2.45, 2.75) is 24.9 Å². The summed E-state index contributed by atoms with van der Waals surface area (Å²) in [6.45, 7) is 0. The molecule has 4 unspecified atom stereocenters. The molecule has 0 aliphatic heterocycles. The van der Waals surface area contributed by atoms with E-state index < -0.39 is 0 Å². The number of aliphatic hydroxyl groups excluding tert-OH is 1. The molecule has 2 aliphatic rings. The van der Waals surface area contributed by atoms with Gasteiger partial charge in [0.2, 0.25) is 0 Å². The summed E-state index contributed by atoms with van der Waals surface area (Å²) in [5.41, 5.74) is 1.27. The molecule has 1 fully saturated rings. The molecule has 1 aromatic rings. The monoisotopic (exact) mass is 256 g/mol. The summed E-state index contributed by atoms with van der Waals surface area (Å²) < 4.78 is 5.31. The maximum absolute atomic E-state index is 10.1. The molecule has 0 aromatic heterocycles. The number of rotatable bonds is 2. The molecule has 4 atom stereocenters. The van der Waals surface area contributed by atoms with Crippen molar-refractivity contribution >= 4 is 0 Å². The van der Waals surface area contributed by atoms with Crippen molar-refractivity contribution in [2.75, 3.05) is 7.11 Å². The molecular weight excluding hydrogens is 236 g/mol. The zero-order chi connectivity index (χ0) is 13.2. The van der Waals surface area contributed by atoms with Gasteiger partial charge >= 0.3 is 0 Å². The summed E-state index contributed by atoms with van der Waals surface area (Å²) >= 11 is 0. The van der Waals surface area contributed by atoms with Crippen molar-refractivity contribution < 1.29 is 9.84 Å². The van der Waals surface area contributed by atoms with Crippen LogP contribution < -0.4 is 4.74 Å². The van der Waals surface area contributed by atoms with Crippen molar-refractivity contribution in [1.82, 2.24) is 0 Å². The number of aliphatic hydroxyl groups is 1. The standard InChI is InChI=1S/C17H20O2/c1-19-15-7-4-6-13(10-15)17-11-14(18)9-12-5-2-3-8-16(12)17/h2-8,10,12,14,16-18H,9,11H2,1H3. The molecule has 0 saturated heterocycles. The van der Waals surface area contributed by atoms with E-state index >= 15 is 0 Å². The molecule has 1 N–H and O–H groups in total. The fourth-order valence-corrected chi connectivity index (χ4v) is 3.43. The van der Waals surface area contributed by atoms with Gasteiger partial charge in [-0.3, -0.25) is 0 Å². The maximum Gasteiger partial charge on any atom is 0.119 e. The van der Waals surface area contributed by atoms with Gasteiger partial charge in [0.25, 0.3) is 0 Å². The van der Waals surface area contributed by atoms with Crippen molar-refractivity contribution in [2.24, 2.45) is 11.8 Å². The van der Waals surface area contributed by atoms with Gasteiger partial charge in [0.15, 0.2) is 0 Å². The molecule has 2 nitrogen and oxygen atoms in total. The van der Waals surface area contributed by atoms with Gasteiger partial charge in [-0.25, -0.2) is 0 Å². The molecule has 3 rings (SSSR count). The minimum Gasteiger partial charge on any atom is -0.497 e. The fourth-order valence-electron chi connectivity index (χ4n) is 3.43. The van der Waals surface area contributed by atoms with Gasteiger partial charge in [-0.15, -0.1) is 0 Å². The van der Waals surface area contributed by atoms with Gasteiger partial charge in [0.1, 0.15) is 5.75 Å². The molecular formula is C17H20O2. The number of benzene rings is 1. The molecule has 0 radical (unpaired) electrons. The predicted octanol–water partition coefficient (Wildman–Crippen LogP) is 3.29. The van der Waals surface area contributed by atoms with Crippen molar-refractivity contribution in [1.29, 1.82) is 0 Å². The molecule has 1 aromatic carbocycles. The molecule has 0 bridgehead atoms. The largest absolute Gasteiger partial charge is 0.497 e. The Hall–Kier alpha value is -1.54. The Morgan fingerprint density at radius 2 is 2.00 bits per heavy atom. The molecule has 1 saturated carbocycles. The summed E-state index contributed by atoms with van der Waals surface area (Å²) in [6, 6.07) is 8.25. The molecule has 0 amide bonds. The summed E-state index contributed by atoms with van der Waals surface area (Å²) in [5.74, 6) is 2.24. The SMILES string of the molecule is COc1cccc(C2CC(O)CC3C=CC=CC32)c1. The van der Waals surface area contributed by atoms with Crippen LogP contribution in [0.1, 0.15) is 24.3 Å². The van der Waals surface area contributed by atoms with Crippen LogP contribution in [0.15, 0.2) is 48.6 Å². The van der Waals surface area contributed by atoms with Gasteiger partial charge in [0, 0.05) is 0 Å². The van der Waals surface area contributed by atoms with Crippen LogP contribution in [0.3, 0.4) is 0 Å². The van der Waals surface area contributed by atoms with E-state index in [4.69, 9.17) is 4.74 Å². The number of ether oxygens (including phenoxy) is 1. The second-order valence-corrected chi connectivity index (χ2v) is 5.52. The van der Waals surface area contributed by atoms with Crippen LogP contribution >= 0.6 is 0 Å². The second kappa shape index (κ2) is 5.22. The van der Waals surface area contributed by atoms with Crippen LogP contribution in [-0.4, -0.2) is 18.3 Å². The number of fused-ring (bicyclic) bond motifs is 1. The highest BCUT2D eigenvalue weighted by molar-refractivity contribution is 5.34. The molecule has 2 heteroatoms. The number of hydrogen-bond acceptors (Lipinski definition) is 2. The van der Waals surface area contributed by atoms with Gasteiger partial charge in [-0.05, 0) is 48.3 Å². The van der Waals surface area contributed by atoms with E-state index in [1.54, 1.807) is 7.11 Å². The van der Waals surface area contributed by atoms with Gasteiger partial charge in [0.05, 0.1) is 13.2 Å². The first-order chi connectivity index (χ1) is 9.28. The van der Waals surface area contributed by atoms with Crippen molar-refractivity contribution in [3.8, 4) is 5.75 Å². The summed E-state index contributed by atoms with van der Waals surface area (Å²) in [4.78, 5) is 0. The lowest BCUT2D eigenvalue weighted by molar-refractivity contribution is 0.0816. The average Bonchev–Trinajstić information content (AvgIpc) is 2.46. The van der Waals surface area contributed by atoms with Gasteiger partial charge in [-0.1, -0.05) is 36.4 Å². The topological polar surface area (TPSA) is 29.5 Å². The Bertz CT molecular complexity index is 504. The van der Waals surface area contributed by atoms with E-state index in [1.165, 1.54) is 5.56 Å². The van der Waals surface area contributed by atoms with E-state index in [9.17, 15) is 5.11 Å². The molecule has 19 heavy (non-hydrogen) atoms. The third kappa shape index (κ3) is 2.45. The quantitative estimate of drug-likeness (QED) is 0.879. The Kier molecular flexibility index (Phi) is 3.43. The summed E-state index contributed by atoms with van der Waals surface area (Å²) in [5, 5.41) is 10.1. The Labute approximate surface area is 114 Å². The average molecular weight is 256 g/mol. The predicted molar refractivity (Wildman–Crippen MR) is 76.2 cm³/mol. The fraction of sp³-hybridized carbons (Fsp3) is 0.412. The van der Waals surface area contributed by atoms with Crippen molar-refractivity contribution in [3.05, 3.63) is 54.1 Å². The highest BCUT2D eigenvalue weighted by Gasteiger charge is 2.36. The van der Waals surface area contributed by atoms with E-state index in [0.717, 1.165) is 18.6 Å². The molecule has 0 heterocycles. The second-order valence-electron chi connectivity index (χ2n) is 5.52. The first kappa shape index (κ1) is 12.5. The van der Waals surface area contributed by atoms with Gasteiger partial charge in [-0.2, -0.15) is 0 Å². The number of hydrogen-bond donors (Lipinski definition) is 1. The van der Waals surface area contributed by atoms with Crippen LogP contribution in [-0.2, 0) is 0 Å². The third-order valence-corrected chi connectivity index (χ3v) is 4.35. The Morgan fingerprint density at radius 1 is 1.16 bits per heavy atom. The van der Waals surface area contributed by atoms with Crippen LogP contribution in [0.25, 0.3) is 0 Å². The summed E-state index contributed by atoms with van der Waals surface area (Å²) in [7, 11) is 1.70. The minimum atomic E-state index is -0.200. The van der Waals surface area contributed by atoms with E-state index in [0.29, 0.717) is 17.8 Å². The smallest absolute Gasteiger partial charge is 0.119 e. The van der Waals surface area contributed by atoms with Crippen molar-refractivity contribution in [3.63, 3.8) is 0 Å². The molecule has 2 aliphatic carbocycles. The van der Waals surface area contributed by atoms with E-state index in [1.807, 2.05) is 12.1 Å². The molecule has 0 spiro atoms. The highest BCUT2D eigenvalue weighted by Crippen LogP contribution is 2.44. The normalized spacial score (nSPS) is 32.9. The first-order valence-corrected chi connectivity index (χ1v) is 6.95. The number of methoxy groups -OCH3 is 1. The lowest BCUT2D eigenvalue weighted by Crippen LogP contribution is -2.32. The van der Waals surface area contributed by atoms with E-state index in [2.05, 4.69) is 36.4 Å². The maximum atomic E-state index is 10.1. The van der Waals surface area contributed by atoms with Crippen LogP contribution in [0, 0.1) is 11.8 Å². The van der Waals surface area contributed by atoms with E-state index in [-0.39, 0.29) is 6.10 Å². The van der Waals surface area contributed by atoms with Gasteiger partial charge < -0.3 is 9.84 Å². The minimum absolute atomic E-state index is 0.200.